The zero-order valence-corrected chi connectivity index (χ0v) is 12.6. The van der Waals surface area contributed by atoms with E-state index in [9.17, 15) is 9.59 Å². The number of carboxylic acid groups (broad SMARTS) is 2. The van der Waals surface area contributed by atoms with Crippen molar-refractivity contribution in [2.45, 2.75) is 0 Å². The van der Waals surface area contributed by atoms with Gasteiger partial charge in [0.1, 0.15) is 0 Å². The second-order valence-electron chi connectivity index (χ2n) is 3.32. The van der Waals surface area contributed by atoms with Crippen molar-refractivity contribution in [1.82, 2.24) is 0 Å². The minimum Gasteiger partial charge on any atom is -0.478 e. The summed E-state index contributed by atoms with van der Waals surface area (Å²) < 4.78 is 0. The van der Waals surface area contributed by atoms with E-state index in [4.69, 9.17) is 10.2 Å². The average Bonchev–Trinajstić information content (AvgIpc) is 2.27. The molecule has 5 heteroatoms. The van der Waals surface area contributed by atoms with Crippen LogP contribution in [0.5, 0.6) is 0 Å². The van der Waals surface area contributed by atoms with Gasteiger partial charge in [-0.3, -0.25) is 0 Å². The maximum absolute atomic E-state index is 11.1. The Morgan fingerprint density at radius 1 is 0.882 bits per heavy atom. The maximum Gasteiger partial charge on any atom is 0.337 e. The molecule has 2 rings (SSSR count). The smallest absolute Gasteiger partial charge is 0.337 e. The maximum atomic E-state index is 11.1. The monoisotopic (exact) mass is 424 g/mol. The normalized spacial score (nSPS) is 9.65. The molecular weight excluding hydrogens is 415 g/mol. The van der Waals surface area contributed by atoms with Gasteiger partial charge < -0.3 is 10.2 Å². The number of carboxylic acids is 2. The molecule has 4 nitrogen and oxygen atoms in total. The van der Waals surface area contributed by atoms with Crippen LogP contribution in [0.15, 0.2) is 36.4 Å². The van der Waals surface area contributed by atoms with Crippen LogP contribution >= 0.6 is 0 Å². The summed E-state index contributed by atoms with van der Waals surface area (Å²) in [5, 5.41) is 19.1. The predicted molar refractivity (Wildman–Crippen MR) is 63.6 cm³/mol. The van der Waals surface area contributed by atoms with E-state index in [2.05, 4.69) is 0 Å². The summed E-state index contributed by atoms with van der Waals surface area (Å²) in [4.78, 5) is 22.0. The van der Waals surface area contributed by atoms with Gasteiger partial charge in [0.05, 0.1) is 11.1 Å². The van der Waals surface area contributed by atoms with Gasteiger partial charge in [0.15, 0.2) is 0 Å². The molecule has 0 saturated heterocycles. The summed E-state index contributed by atoms with van der Waals surface area (Å²) in [6.07, 6.45) is 0. The SMILES string of the molecule is O=C(O)c1ccc2ccccc2c1C(=O)O.[Pb]. The summed E-state index contributed by atoms with van der Waals surface area (Å²) in [5.41, 5.74) is -0.350. The molecule has 0 aromatic heterocycles. The molecule has 2 aromatic carbocycles. The molecule has 0 atom stereocenters. The zero-order valence-electron chi connectivity index (χ0n) is 8.68. The second-order valence-corrected chi connectivity index (χ2v) is 3.32. The molecular formula is C12H8O4Pb. The van der Waals surface area contributed by atoms with Crippen LogP contribution in [0.1, 0.15) is 20.7 Å². The molecule has 0 aliphatic heterocycles. The van der Waals surface area contributed by atoms with Crippen molar-refractivity contribution in [2.24, 2.45) is 0 Å². The number of hydrogen-bond acceptors (Lipinski definition) is 2. The third kappa shape index (κ3) is 2.46. The van der Waals surface area contributed by atoms with E-state index >= 15 is 0 Å². The summed E-state index contributed by atoms with van der Waals surface area (Å²) in [5.74, 6) is -2.46. The fourth-order valence-electron chi connectivity index (χ4n) is 1.68. The number of carbonyl (C=O) groups is 2. The van der Waals surface area contributed by atoms with Crippen LogP contribution in [0.25, 0.3) is 10.8 Å². The van der Waals surface area contributed by atoms with Crippen molar-refractivity contribution in [3.05, 3.63) is 47.5 Å². The van der Waals surface area contributed by atoms with Gasteiger partial charge in [-0.1, -0.05) is 30.3 Å². The summed E-state index contributed by atoms with van der Waals surface area (Å²) in [7, 11) is 0. The van der Waals surface area contributed by atoms with Crippen molar-refractivity contribution in [3.63, 3.8) is 0 Å². The van der Waals surface area contributed by atoms with E-state index in [1.807, 2.05) is 0 Å². The van der Waals surface area contributed by atoms with Crippen LogP contribution in [0.3, 0.4) is 0 Å². The van der Waals surface area contributed by atoms with E-state index in [0.717, 1.165) is 0 Å². The molecule has 0 fully saturated rings. The van der Waals surface area contributed by atoms with E-state index in [1.54, 1.807) is 30.3 Å². The Morgan fingerprint density at radius 3 is 2.12 bits per heavy atom. The second kappa shape index (κ2) is 5.26. The predicted octanol–water partition coefficient (Wildman–Crippen LogP) is 1.86. The summed E-state index contributed by atoms with van der Waals surface area (Å²) in [6.45, 7) is 0. The minimum atomic E-state index is -1.23. The molecule has 0 aliphatic rings. The van der Waals surface area contributed by atoms with Gasteiger partial charge in [0.2, 0.25) is 0 Å². The van der Waals surface area contributed by atoms with Gasteiger partial charge >= 0.3 is 11.9 Å². The fraction of sp³-hybridized carbons (Fsp3) is 0. The van der Waals surface area contributed by atoms with Crippen molar-refractivity contribution < 1.29 is 19.8 Å². The van der Waals surface area contributed by atoms with E-state index < -0.39 is 11.9 Å². The molecule has 0 spiro atoms. The molecule has 0 bridgehead atoms. The number of benzene rings is 2. The molecule has 17 heavy (non-hydrogen) atoms. The molecule has 2 aromatic rings. The Labute approximate surface area is 117 Å². The van der Waals surface area contributed by atoms with Gasteiger partial charge in [-0.15, -0.1) is 0 Å². The zero-order chi connectivity index (χ0) is 11.7. The first-order chi connectivity index (χ1) is 7.61. The molecule has 2 N–H and O–H groups in total. The van der Waals surface area contributed by atoms with Gasteiger partial charge in [0, 0.05) is 27.3 Å². The molecule has 0 aliphatic carbocycles. The number of hydrogen-bond donors (Lipinski definition) is 2. The van der Waals surface area contributed by atoms with E-state index in [0.29, 0.717) is 10.8 Å². The van der Waals surface area contributed by atoms with Gasteiger partial charge in [0.25, 0.3) is 0 Å². The van der Waals surface area contributed by atoms with Gasteiger partial charge in [-0.2, -0.15) is 0 Å². The topological polar surface area (TPSA) is 74.6 Å². The molecule has 0 saturated carbocycles. The van der Waals surface area contributed by atoms with Crippen molar-refractivity contribution >= 4 is 50.0 Å². The number of rotatable bonds is 2. The van der Waals surface area contributed by atoms with Crippen molar-refractivity contribution in [2.75, 3.05) is 0 Å². The third-order valence-electron chi connectivity index (χ3n) is 2.37. The Kier molecular flexibility index (Phi) is 4.22. The molecule has 4 radical (unpaired) electrons. The van der Waals surface area contributed by atoms with Crippen LogP contribution in [-0.4, -0.2) is 49.5 Å². The minimum absolute atomic E-state index is 0. The number of aromatic carboxylic acids is 2. The van der Waals surface area contributed by atoms with E-state index in [-0.39, 0.29) is 38.4 Å². The molecule has 0 heterocycles. The van der Waals surface area contributed by atoms with Crippen LogP contribution in [0.2, 0.25) is 0 Å². The quantitative estimate of drug-likeness (QED) is 0.724. The van der Waals surface area contributed by atoms with Gasteiger partial charge in [-0.25, -0.2) is 9.59 Å². The molecule has 0 amide bonds. The number of fused-ring (bicyclic) bond motifs is 1. The van der Waals surface area contributed by atoms with Crippen LogP contribution in [0.4, 0.5) is 0 Å². The van der Waals surface area contributed by atoms with Crippen molar-refractivity contribution in [3.8, 4) is 0 Å². The molecule has 84 valence electrons. The Balaban J connectivity index is 0.00000144. The Morgan fingerprint density at radius 2 is 1.53 bits per heavy atom. The Hall–Kier alpha value is -1.44. The third-order valence-corrected chi connectivity index (χ3v) is 2.37. The average molecular weight is 423 g/mol. The first-order valence-corrected chi connectivity index (χ1v) is 4.59. The first-order valence-electron chi connectivity index (χ1n) is 4.59. The fourth-order valence-corrected chi connectivity index (χ4v) is 1.68. The summed E-state index contributed by atoms with van der Waals surface area (Å²) >= 11 is 0. The molecule has 0 unspecified atom stereocenters. The van der Waals surface area contributed by atoms with Crippen LogP contribution < -0.4 is 0 Å². The largest absolute Gasteiger partial charge is 0.478 e. The van der Waals surface area contributed by atoms with Crippen molar-refractivity contribution in [1.29, 1.82) is 0 Å². The van der Waals surface area contributed by atoms with E-state index in [1.165, 1.54) is 6.07 Å². The summed E-state index contributed by atoms with van der Waals surface area (Å²) in [6, 6.07) is 9.72. The van der Waals surface area contributed by atoms with Crippen LogP contribution in [-0.2, 0) is 0 Å². The first kappa shape index (κ1) is 13.6. The Bertz CT molecular complexity index is 592. The van der Waals surface area contributed by atoms with Gasteiger partial charge in [-0.05, 0) is 16.8 Å². The van der Waals surface area contributed by atoms with Crippen LogP contribution in [0, 0.1) is 0 Å². The standard InChI is InChI=1S/C12H8O4.Pb/c13-11(14)9-6-5-7-3-1-2-4-8(7)10(9)12(15)16;/h1-6H,(H,13,14)(H,15,16);.